The molecule has 2 fully saturated rings. The number of carbonyl (C=O) groups excluding carboxylic acids is 1. The van der Waals surface area contributed by atoms with E-state index in [0.717, 1.165) is 44.4 Å². The molecule has 0 spiro atoms. The van der Waals surface area contributed by atoms with Gasteiger partial charge in [-0.1, -0.05) is 13.3 Å². The second-order valence-electron chi connectivity index (χ2n) is 6.31. The highest BCUT2D eigenvalue weighted by molar-refractivity contribution is 5.81. The number of nitrogens with one attached hydrogen (secondary N) is 1. The monoisotopic (exact) mass is 269 g/mol. The Balaban J connectivity index is 1.74. The first-order chi connectivity index (χ1) is 9.02. The number of rotatable bonds is 4. The molecule has 2 unspecified atom stereocenters. The van der Waals surface area contributed by atoms with Crippen LogP contribution in [0.5, 0.6) is 0 Å². The quantitative estimate of drug-likeness (QED) is 0.820. The highest BCUT2D eigenvalue weighted by Crippen LogP contribution is 2.33. The van der Waals surface area contributed by atoms with Crippen molar-refractivity contribution in [1.82, 2.24) is 5.32 Å². The molecule has 1 heterocycles. The van der Waals surface area contributed by atoms with Crippen molar-refractivity contribution in [1.29, 1.82) is 0 Å². The maximum Gasteiger partial charge on any atom is 0.249 e. The molecular weight excluding hydrogens is 242 g/mol. The Bertz CT molecular complexity index is 311. The number of aliphatic hydroxyl groups is 1. The van der Waals surface area contributed by atoms with Gasteiger partial charge in [0.25, 0.3) is 0 Å². The lowest BCUT2D eigenvalue weighted by atomic mass is 9.78. The predicted molar refractivity (Wildman–Crippen MR) is 73.8 cm³/mol. The van der Waals surface area contributed by atoms with Crippen molar-refractivity contribution in [2.75, 3.05) is 6.54 Å². The molecule has 0 aromatic heterocycles. The van der Waals surface area contributed by atoms with Crippen LogP contribution in [-0.2, 0) is 9.53 Å². The van der Waals surface area contributed by atoms with Crippen LogP contribution in [0.2, 0.25) is 0 Å². The van der Waals surface area contributed by atoms with Crippen molar-refractivity contribution in [3.8, 4) is 0 Å². The topological polar surface area (TPSA) is 58.6 Å². The van der Waals surface area contributed by atoms with E-state index in [1.807, 2.05) is 6.92 Å². The maximum atomic E-state index is 11.9. The van der Waals surface area contributed by atoms with E-state index in [9.17, 15) is 9.90 Å². The lowest BCUT2D eigenvalue weighted by Gasteiger charge is -2.36. The molecule has 4 heteroatoms. The van der Waals surface area contributed by atoms with E-state index in [4.69, 9.17) is 4.74 Å². The van der Waals surface area contributed by atoms with Crippen LogP contribution >= 0.6 is 0 Å². The van der Waals surface area contributed by atoms with Crippen molar-refractivity contribution < 1.29 is 14.6 Å². The molecular formula is C15H27NO3. The number of hydrogen-bond acceptors (Lipinski definition) is 3. The van der Waals surface area contributed by atoms with Gasteiger partial charge in [-0.15, -0.1) is 0 Å². The molecule has 1 saturated carbocycles. The van der Waals surface area contributed by atoms with Gasteiger partial charge in [0.05, 0.1) is 11.7 Å². The third-order valence-corrected chi connectivity index (χ3v) is 4.73. The lowest BCUT2D eigenvalue weighted by Crippen LogP contribution is -2.47. The summed E-state index contributed by atoms with van der Waals surface area (Å²) in [5.41, 5.74) is -0.703. The van der Waals surface area contributed by atoms with Crippen molar-refractivity contribution in [2.24, 2.45) is 5.92 Å². The van der Waals surface area contributed by atoms with Crippen LogP contribution in [0.15, 0.2) is 0 Å². The standard InChI is InChI=1S/C15H27NO3/c1-3-12-6-8-15(18,9-7-12)10-16-14(17)13-5-4-11(2)19-13/h11-13,18H,3-10H2,1-2H3,(H,16,17). The normalized spacial score (nSPS) is 39.2. The van der Waals surface area contributed by atoms with Gasteiger partial charge in [0, 0.05) is 6.54 Å². The summed E-state index contributed by atoms with van der Waals surface area (Å²) in [4.78, 5) is 11.9. The summed E-state index contributed by atoms with van der Waals surface area (Å²) in [6.45, 7) is 4.57. The molecule has 110 valence electrons. The number of hydrogen-bond donors (Lipinski definition) is 2. The van der Waals surface area contributed by atoms with E-state index in [-0.39, 0.29) is 18.1 Å². The summed E-state index contributed by atoms with van der Waals surface area (Å²) in [7, 11) is 0. The molecule has 2 atom stereocenters. The Morgan fingerprint density at radius 3 is 2.53 bits per heavy atom. The van der Waals surface area contributed by atoms with Crippen LogP contribution in [0.1, 0.15) is 58.8 Å². The van der Waals surface area contributed by atoms with E-state index in [2.05, 4.69) is 12.2 Å². The molecule has 0 radical (unpaired) electrons. The Hall–Kier alpha value is -0.610. The first-order valence-electron chi connectivity index (χ1n) is 7.68. The van der Waals surface area contributed by atoms with E-state index < -0.39 is 5.60 Å². The Morgan fingerprint density at radius 1 is 1.32 bits per heavy atom. The minimum Gasteiger partial charge on any atom is -0.388 e. The smallest absolute Gasteiger partial charge is 0.249 e. The van der Waals surface area contributed by atoms with Crippen molar-refractivity contribution >= 4 is 5.91 Å². The SMILES string of the molecule is CCC1CCC(O)(CNC(=O)C2CCC(C)O2)CC1. The molecule has 1 amide bonds. The summed E-state index contributed by atoms with van der Waals surface area (Å²) < 4.78 is 5.54. The van der Waals surface area contributed by atoms with E-state index in [0.29, 0.717) is 6.54 Å². The van der Waals surface area contributed by atoms with E-state index in [1.54, 1.807) is 0 Å². The number of carbonyl (C=O) groups is 1. The Kier molecular flexibility index (Phi) is 4.85. The largest absolute Gasteiger partial charge is 0.388 e. The average molecular weight is 269 g/mol. The van der Waals surface area contributed by atoms with E-state index >= 15 is 0 Å². The highest BCUT2D eigenvalue weighted by atomic mass is 16.5. The number of amides is 1. The minimum absolute atomic E-state index is 0.0598. The highest BCUT2D eigenvalue weighted by Gasteiger charge is 2.34. The van der Waals surface area contributed by atoms with Gasteiger partial charge in [0.1, 0.15) is 6.10 Å². The van der Waals surface area contributed by atoms with Gasteiger partial charge < -0.3 is 15.2 Å². The second kappa shape index (κ2) is 6.23. The van der Waals surface area contributed by atoms with Gasteiger partial charge in [0.2, 0.25) is 5.91 Å². The Labute approximate surface area is 115 Å². The fourth-order valence-electron chi connectivity index (χ4n) is 3.16. The molecule has 2 rings (SSSR count). The Morgan fingerprint density at radius 2 is 2.00 bits per heavy atom. The van der Waals surface area contributed by atoms with Crippen LogP contribution in [0.25, 0.3) is 0 Å². The van der Waals surface area contributed by atoms with Crippen LogP contribution in [0.3, 0.4) is 0 Å². The lowest BCUT2D eigenvalue weighted by molar-refractivity contribution is -0.133. The van der Waals surface area contributed by atoms with Crippen molar-refractivity contribution in [2.45, 2.75) is 76.6 Å². The summed E-state index contributed by atoms with van der Waals surface area (Å²) in [6, 6.07) is 0. The maximum absolute atomic E-state index is 11.9. The molecule has 1 aliphatic heterocycles. The summed E-state index contributed by atoms with van der Waals surface area (Å²) in [6.07, 6.45) is 6.53. The van der Waals surface area contributed by atoms with Gasteiger partial charge in [-0.05, 0) is 51.4 Å². The zero-order valence-corrected chi connectivity index (χ0v) is 12.2. The van der Waals surface area contributed by atoms with Gasteiger partial charge in [-0.3, -0.25) is 4.79 Å². The number of ether oxygens (including phenoxy) is 1. The third-order valence-electron chi connectivity index (χ3n) is 4.73. The van der Waals surface area contributed by atoms with Crippen LogP contribution < -0.4 is 5.32 Å². The molecule has 0 bridgehead atoms. The molecule has 19 heavy (non-hydrogen) atoms. The van der Waals surface area contributed by atoms with Gasteiger partial charge >= 0.3 is 0 Å². The summed E-state index contributed by atoms with van der Waals surface area (Å²) >= 11 is 0. The first-order valence-corrected chi connectivity index (χ1v) is 7.68. The van der Waals surface area contributed by atoms with Gasteiger partial charge in [0.15, 0.2) is 0 Å². The third kappa shape index (κ3) is 3.93. The minimum atomic E-state index is -0.703. The van der Waals surface area contributed by atoms with Gasteiger partial charge in [-0.25, -0.2) is 0 Å². The molecule has 2 aliphatic rings. The van der Waals surface area contributed by atoms with Crippen LogP contribution in [0, 0.1) is 5.92 Å². The summed E-state index contributed by atoms with van der Waals surface area (Å²) in [5.74, 6) is 0.686. The zero-order valence-electron chi connectivity index (χ0n) is 12.2. The van der Waals surface area contributed by atoms with Gasteiger partial charge in [-0.2, -0.15) is 0 Å². The molecule has 4 nitrogen and oxygen atoms in total. The van der Waals surface area contributed by atoms with Crippen LogP contribution in [0.4, 0.5) is 0 Å². The molecule has 1 saturated heterocycles. The summed E-state index contributed by atoms with van der Waals surface area (Å²) in [5, 5.41) is 13.3. The average Bonchev–Trinajstić information content (AvgIpc) is 2.84. The fraction of sp³-hybridized carbons (Fsp3) is 0.933. The molecule has 0 aromatic rings. The van der Waals surface area contributed by atoms with E-state index in [1.165, 1.54) is 6.42 Å². The van der Waals surface area contributed by atoms with Crippen molar-refractivity contribution in [3.63, 3.8) is 0 Å². The van der Waals surface area contributed by atoms with Crippen molar-refractivity contribution in [3.05, 3.63) is 0 Å². The molecule has 0 aromatic carbocycles. The first kappa shape index (κ1) is 14.8. The second-order valence-corrected chi connectivity index (χ2v) is 6.31. The molecule has 1 aliphatic carbocycles. The molecule has 2 N–H and O–H groups in total. The van der Waals surface area contributed by atoms with Crippen LogP contribution in [-0.4, -0.2) is 35.4 Å². The zero-order chi connectivity index (χ0) is 13.9. The fourth-order valence-corrected chi connectivity index (χ4v) is 3.16. The predicted octanol–water partition coefficient (Wildman–Crippen LogP) is 2.00.